The van der Waals surface area contributed by atoms with E-state index in [2.05, 4.69) is 5.32 Å². The van der Waals surface area contributed by atoms with Crippen molar-refractivity contribution in [2.45, 2.75) is 25.2 Å². The van der Waals surface area contributed by atoms with Crippen molar-refractivity contribution in [3.05, 3.63) is 57.8 Å². The molecule has 0 unspecified atom stereocenters. The van der Waals surface area contributed by atoms with Crippen LogP contribution in [0, 0.1) is 17.7 Å². The zero-order valence-electron chi connectivity index (χ0n) is 16.0. The van der Waals surface area contributed by atoms with E-state index in [0.29, 0.717) is 18.1 Å². The number of nitrogens with one attached hydrogen (secondary N) is 1. The second-order valence-corrected chi connectivity index (χ2v) is 10.3. The molecule has 0 aliphatic carbocycles. The van der Waals surface area contributed by atoms with Gasteiger partial charge in [0.2, 0.25) is 10.0 Å². The first-order valence-corrected chi connectivity index (χ1v) is 11.3. The van der Waals surface area contributed by atoms with Crippen LogP contribution < -0.4 is 5.32 Å². The summed E-state index contributed by atoms with van der Waals surface area (Å²) in [4.78, 5) is 12.5. The lowest BCUT2D eigenvalue weighted by Gasteiger charge is -2.34. The highest BCUT2D eigenvalue weighted by atomic mass is 35.5. The van der Waals surface area contributed by atoms with Gasteiger partial charge in [0.15, 0.2) is 0 Å². The van der Waals surface area contributed by atoms with Gasteiger partial charge in [-0.1, -0.05) is 37.0 Å². The molecule has 1 heterocycles. The Kier molecular flexibility index (Phi) is 6.53. The van der Waals surface area contributed by atoms with Crippen molar-refractivity contribution in [3.63, 3.8) is 0 Å². The van der Waals surface area contributed by atoms with Gasteiger partial charge in [0.05, 0.1) is 21.2 Å². The molecule has 2 aromatic rings. The lowest BCUT2D eigenvalue weighted by Crippen LogP contribution is -2.42. The van der Waals surface area contributed by atoms with Gasteiger partial charge in [-0.05, 0) is 54.7 Å². The molecular weight excluding hydrogens is 438 g/mol. The molecule has 1 amide bonds. The van der Waals surface area contributed by atoms with E-state index < -0.39 is 21.7 Å². The highest BCUT2D eigenvalue weighted by Gasteiger charge is 2.32. The molecular formula is C20H21Cl2FN2O3S. The molecule has 2 aromatic carbocycles. The molecule has 0 spiro atoms. The molecule has 1 saturated heterocycles. The van der Waals surface area contributed by atoms with E-state index in [0.717, 1.165) is 18.6 Å². The van der Waals surface area contributed by atoms with Gasteiger partial charge in [-0.25, -0.2) is 12.8 Å². The molecule has 29 heavy (non-hydrogen) atoms. The molecule has 0 radical (unpaired) electrons. The van der Waals surface area contributed by atoms with Crippen LogP contribution in [0.3, 0.4) is 0 Å². The summed E-state index contributed by atoms with van der Waals surface area (Å²) in [6.07, 6.45) is 0.949. The monoisotopic (exact) mass is 458 g/mol. The second-order valence-electron chi connectivity index (χ2n) is 7.49. The molecule has 156 valence electrons. The molecule has 0 bridgehead atoms. The smallest absolute Gasteiger partial charge is 0.258 e. The first-order valence-electron chi connectivity index (χ1n) is 9.14. The molecule has 2 atom stereocenters. The Labute approximate surface area is 179 Å². The Morgan fingerprint density at radius 1 is 1.10 bits per heavy atom. The minimum atomic E-state index is -3.84. The van der Waals surface area contributed by atoms with Crippen LogP contribution in [0.15, 0.2) is 41.3 Å². The number of amides is 1. The number of carbonyl (C=O) groups is 1. The molecule has 0 saturated carbocycles. The number of carbonyl (C=O) groups excluding carboxylic acids is 1. The van der Waals surface area contributed by atoms with Crippen LogP contribution >= 0.6 is 23.2 Å². The van der Waals surface area contributed by atoms with Crippen molar-refractivity contribution in [1.82, 2.24) is 4.31 Å². The van der Waals surface area contributed by atoms with Crippen LogP contribution in [0.2, 0.25) is 10.0 Å². The number of hydrogen-bond donors (Lipinski definition) is 1. The van der Waals surface area contributed by atoms with E-state index in [-0.39, 0.29) is 33.0 Å². The van der Waals surface area contributed by atoms with Gasteiger partial charge < -0.3 is 5.32 Å². The number of rotatable bonds is 4. The zero-order chi connectivity index (χ0) is 21.3. The lowest BCUT2D eigenvalue weighted by molar-refractivity contribution is 0.102. The van der Waals surface area contributed by atoms with E-state index in [1.54, 1.807) is 0 Å². The average molecular weight is 459 g/mol. The maximum absolute atomic E-state index is 14.3. The van der Waals surface area contributed by atoms with Gasteiger partial charge in [-0.15, -0.1) is 0 Å². The largest absolute Gasteiger partial charge is 0.321 e. The summed E-state index contributed by atoms with van der Waals surface area (Å²) in [6.45, 7) is 4.78. The van der Waals surface area contributed by atoms with Crippen LogP contribution in [0.5, 0.6) is 0 Å². The summed E-state index contributed by atoms with van der Waals surface area (Å²) < 4.78 is 41.8. The van der Waals surface area contributed by atoms with Crippen LogP contribution in [-0.4, -0.2) is 31.7 Å². The van der Waals surface area contributed by atoms with Gasteiger partial charge in [-0.2, -0.15) is 4.31 Å². The lowest BCUT2D eigenvalue weighted by atomic mass is 9.94. The van der Waals surface area contributed by atoms with E-state index in [9.17, 15) is 17.6 Å². The Morgan fingerprint density at radius 2 is 1.76 bits per heavy atom. The highest BCUT2D eigenvalue weighted by molar-refractivity contribution is 7.89. The molecule has 1 fully saturated rings. The molecule has 5 nitrogen and oxygen atoms in total. The predicted molar refractivity (Wildman–Crippen MR) is 113 cm³/mol. The van der Waals surface area contributed by atoms with E-state index >= 15 is 0 Å². The summed E-state index contributed by atoms with van der Waals surface area (Å²) in [5.74, 6) is -1.18. The first kappa shape index (κ1) is 22.0. The number of piperidine rings is 1. The molecule has 3 rings (SSSR count). The van der Waals surface area contributed by atoms with Crippen molar-refractivity contribution in [2.24, 2.45) is 11.8 Å². The summed E-state index contributed by atoms with van der Waals surface area (Å²) in [7, 11) is -3.84. The molecule has 1 aliphatic heterocycles. The topological polar surface area (TPSA) is 66.5 Å². The summed E-state index contributed by atoms with van der Waals surface area (Å²) in [6, 6.07) is 7.68. The third-order valence-electron chi connectivity index (χ3n) is 4.83. The number of nitrogens with zero attached hydrogens (tertiary/aromatic N) is 1. The van der Waals surface area contributed by atoms with Crippen molar-refractivity contribution in [1.29, 1.82) is 0 Å². The van der Waals surface area contributed by atoms with Crippen LogP contribution in [0.4, 0.5) is 10.1 Å². The summed E-state index contributed by atoms with van der Waals surface area (Å²) in [5, 5.41) is 3.06. The van der Waals surface area contributed by atoms with Gasteiger partial charge in [0.1, 0.15) is 5.82 Å². The third kappa shape index (κ3) is 4.91. The van der Waals surface area contributed by atoms with E-state index in [4.69, 9.17) is 23.2 Å². The van der Waals surface area contributed by atoms with Gasteiger partial charge in [-0.3, -0.25) is 4.79 Å². The van der Waals surface area contributed by atoms with Gasteiger partial charge in [0.25, 0.3) is 5.91 Å². The Bertz CT molecular complexity index is 1040. The minimum absolute atomic E-state index is 0.118. The highest BCUT2D eigenvalue weighted by Crippen LogP contribution is 2.29. The fraction of sp³-hybridized carbons (Fsp3) is 0.350. The van der Waals surface area contributed by atoms with Crippen molar-refractivity contribution in [2.75, 3.05) is 18.4 Å². The van der Waals surface area contributed by atoms with Gasteiger partial charge in [0, 0.05) is 18.1 Å². The van der Waals surface area contributed by atoms with Crippen molar-refractivity contribution >= 4 is 44.8 Å². The summed E-state index contributed by atoms with van der Waals surface area (Å²) in [5.41, 5.74) is -0.136. The van der Waals surface area contributed by atoms with Crippen molar-refractivity contribution < 1.29 is 17.6 Å². The van der Waals surface area contributed by atoms with E-state index in [1.807, 2.05) is 13.8 Å². The molecule has 1 aliphatic rings. The van der Waals surface area contributed by atoms with Crippen LogP contribution in [-0.2, 0) is 10.0 Å². The number of sulfonamides is 1. The molecule has 0 aromatic heterocycles. The quantitative estimate of drug-likeness (QED) is 0.696. The summed E-state index contributed by atoms with van der Waals surface area (Å²) >= 11 is 11.9. The van der Waals surface area contributed by atoms with E-state index in [1.165, 1.54) is 28.6 Å². The first-order chi connectivity index (χ1) is 13.6. The number of benzene rings is 2. The van der Waals surface area contributed by atoms with Crippen LogP contribution in [0.25, 0.3) is 0 Å². The van der Waals surface area contributed by atoms with Gasteiger partial charge >= 0.3 is 0 Å². The average Bonchev–Trinajstić information content (AvgIpc) is 2.63. The maximum Gasteiger partial charge on any atom is 0.258 e. The maximum atomic E-state index is 14.3. The van der Waals surface area contributed by atoms with Crippen molar-refractivity contribution in [3.8, 4) is 0 Å². The second kappa shape index (κ2) is 8.60. The number of hydrogen-bond acceptors (Lipinski definition) is 3. The Balaban J connectivity index is 1.90. The SMILES string of the molecule is C[C@@H]1C[C@H](C)CN(S(=O)(=O)c2ccc(F)c(C(=O)Nc3ccc(Cl)cc3Cl)c2)C1. The molecule has 9 heteroatoms. The fourth-order valence-electron chi connectivity index (χ4n) is 3.57. The molecule has 1 N–H and O–H groups in total. The zero-order valence-corrected chi connectivity index (χ0v) is 18.3. The normalized spacial score (nSPS) is 20.4. The predicted octanol–water partition coefficient (Wildman–Crippen LogP) is 5.05. The standard InChI is InChI=1S/C20H21Cl2FN2O3S/c1-12-7-13(2)11-25(10-12)29(27,28)15-4-5-18(23)16(9-15)20(26)24-19-6-3-14(21)8-17(19)22/h3-6,8-9,12-13H,7,10-11H2,1-2H3,(H,24,26)/t12-,13+. The number of halogens is 3. The Hall–Kier alpha value is -1.67. The Morgan fingerprint density at radius 3 is 2.38 bits per heavy atom. The number of anilines is 1. The van der Waals surface area contributed by atoms with Crippen LogP contribution in [0.1, 0.15) is 30.6 Å². The third-order valence-corrected chi connectivity index (χ3v) is 7.21. The minimum Gasteiger partial charge on any atom is -0.321 e. The fourth-order valence-corrected chi connectivity index (χ4v) is 5.73.